The first-order chi connectivity index (χ1) is 46.5. The van der Waals surface area contributed by atoms with Gasteiger partial charge in [0.05, 0.1) is 48.4 Å². The van der Waals surface area contributed by atoms with Gasteiger partial charge in [0, 0.05) is 135 Å². The van der Waals surface area contributed by atoms with Gasteiger partial charge in [-0.3, -0.25) is 9.97 Å². The quantitative estimate of drug-likeness (QED) is 0.0248. The second-order valence-electron chi connectivity index (χ2n) is 33.3. The van der Waals surface area contributed by atoms with Gasteiger partial charge in [0.1, 0.15) is 38.6 Å². The number of aromatic nitrogens is 8. The second-order valence-corrected chi connectivity index (χ2v) is 55.8. The summed E-state index contributed by atoms with van der Waals surface area (Å²) in [6.45, 7) is 33.4. The number of nitrogens with zero attached hydrogens (tertiary/aromatic N) is 10. The zero-order valence-electron chi connectivity index (χ0n) is 60.8. The van der Waals surface area contributed by atoms with Crippen molar-refractivity contribution in [3.63, 3.8) is 0 Å². The fourth-order valence-electron chi connectivity index (χ4n) is 14.9. The molecule has 0 aliphatic heterocycles. The van der Waals surface area contributed by atoms with Crippen LogP contribution in [0.25, 0.3) is 56.1 Å². The highest BCUT2D eigenvalue weighted by molar-refractivity contribution is 6.77. The van der Waals surface area contributed by atoms with E-state index in [0.717, 1.165) is 164 Å². The molecule has 12 rings (SSSR count). The zero-order chi connectivity index (χ0) is 68.5. The Morgan fingerprint density at radius 1 is 0.434 bits per heavy atom. The molecule has 4 aliphatic carbocycles. The number of aliphatic hydroxyl groups is 1. The average molecular weight is 1420 g/mol. The maximum Gasteiger partial charge on any atom is 0.165 e. The highest BCUT2D eigenvalue weighted by Crippen LogP contribution is 2.51. The van der Waals surface area contributed by atoms with Gasteiger partial charge in [0.2, 0.25) is 0 Å². The average Bonchev–Trinajstić information content (AvgIpc) is 1.67. The van der Waals surface area contributed by atoms with Crippen molar-refractivity contribution in [3.05, 3.63) is 132 Å². The number of benzene rings is 2. The summed E-state index contributed by atoms with van der Waals surface area (Å²) >= 11 is 0. The van der Waals surface area contributed by atoms with E-state index in [1.807, 2.05) is 70.2 Å². The topological polar surface area (TPSA) is 159 Å². The maximum atomic E-state index is 11.1. The molecule has 20 heteroatoms. The van der Waals surface area contributed by atoms with Crippen LogP contribution < -0.4 is 9.80 Å². The lowest BCUT2D eigenvalue weighted by molar-refractivity contribution is 0.0933. The molecule has 0 spiro atoms. The van der Waals surface area contributed by atoms with E-state index in [9.17, 15) is 5.11 Å². The Bertz CT molecular complexity index is 3740. The van der Waals surface area contributed by atoms with Crippen molar-refractivity contribution in [3.8, 4) is 44.8 Å². The van der Waals surface area contributed by atoms with E-state index in [-0.39, 0.29) is 21.5 Å². The minimum atomic E-state index is -1.26. The molecule has 4 aliphatic rings. The minimum absolute atomic E-state index is 0. The molecule has 0 saturated heterocycles. The van der Waals surface area contributed by atoms with Gasteiger partial charge in [0.15, 0.2) is 11.3 Å². The fraction of sp³-hybridized carbons (Fsp3) is 0.570. The minimum Gasteiger partial charge on any atom is -0.391 e. The van der Waals surface area contributed by atoms with Gasteiger partial charge in [0.25, 0.3) is 0 Å². The highest BCUT2D eigenvalue weighted by atomic mass is 28.3. The number of methoxy groups -OCH3 is 1. The Balaban J connectivity index is 0.000000227. The first kappa shape index (κ1) is 77.4. The van der Waals surface area contributed by atoms with Gasteiger partial charge >= 0.3 is 0 Å². The van der Waals surface area contributed by atoms with Crippen molar-refractivity contribution in [1.82, 2.24) is 39.2 Å². The predicted molar refractivity (Wildman–Crippen MR) is 420 cm³/mol. The summed E-state index contributed by atoms with van der Waals surface area (Å²) < 4.78 is 35.6. The lowest BCUT2D eigenvalue weighted by Crippen LogP contribution is -2.35. The SMILES string of the molecule is C.C.COCc1c(C2C[C@H]3CC[C@@H](C2)C3)nc2c(-c3ccc(-c4ccccc4)nc3)cnn2c1N(COCC[Si](C)(C)C)COCC[Si](C)(C)C.C[Si](C)(C)CCOCN(COCC[Si](C)(C)C)c1c(CO)c(C2C[C@H]3CC[C@@H](C2)C3)nc2c(-c3ccc(-c4ccccc4)nc3)cnn12. The molecule has 99 heavy (non-hydrogen) atoms. The third-order valence-electron chi connectivity index (χ3n) is 20.4. The van der Waals surface area contributed by atoms with Crippen LogP contribution in [0.15, 0.2) is 110 Å². The molecular formula is C79H120N10O6Si4. The number of pyridine rings is 2. The molecule has 0 amide bonds. The fourth-order valence-corrected chi connectivity index (χ4v) is 17.9. The van der Waals surface area contributed by atoms with Crippen LogP contribution in [0.5, 0.6) is 0 Å². The van der Waals surface area contributed by atoms with Gasteiger partial charge in [-0.15, -0.1) is 0 Å². The van der Waals surface area contributed by atoms with Crippen LogP contribution in [0, 0.1) is 23.7 Å². The molecule has 16 nitrogen and oxygen atoms in total. The van der Waals surface area contributed by atoms with Gasteiger partial charge in [-0.25, -0.2) is 9.97 Å². The summed E-state index contributed by atoms with van der Waals surface area (Å²) in [7, 11) is -3.24. The van der Waals surface area contributed by atoms with Crippen molar-refractivity contribution in [2.75, 3.05) is 70.3 Å². The predicted octanol–water partition coefficient (Wildman–Crippen LogP) is 19.3. The summed E-state index contributed by atoms with van der Waals surface area (Å²) in [5.41, 5.74) is 13.7. The number of rotatable bonds is 31. The van der Waals surface area contributed by atoms with E-state index in [0.29, 0.717) is 58.6 Å². The molecule has 6 heterocycles. The molecule has 4 bridgehead atoms. The molecule has 8 aromatic rings. The summed E-state index contributed by atoms with van der Waals surface area (Å²) in [5, 5.41) is 21.1. The number of aliphatic hydroxyl groups excluding tert-OH is 1. The summed E-state index contributed by atoms with van der Waals surface area (Å²) in [6, 6.07) is 33.4. The number of ether oxygens (including phenoxy) is 5. The van der Waals surface area contributed by atoms with Crippen molar-refractivity contribution in [1.29, 1.82) is 0 Å². The summed E-state index contributed by atoms with van der Waals surface area (Å²) in [6.07, 6.45) is 20.4. The molecule has 1 N–H and O–H groups in total. The van der Waals surface area contributed by atoms with E-state index >= 15 is 0 Å². The third kappa shape index (κ3) is 20.5. The molecule has 0 radical (unpaired) electrons. The first-order valence-electron chi connectivity index (χ1n) is 36.2. The third-order valence-corrected chi connectivity index (χ3v) is 27.2. The first-order valence-corrected chi connectivity index (χ1v) is 51.1. The summed E-state index contributed by atoms with van der Waals surface area (Å²) in [4.78, 5) is 25.0. The largest absolute Gasteiger partial charge is 0.391 e. The van der Waals surface area contributed by atoms with Gasteiger partial charge in [-0.1, -0.05) is 192 Å². The van der Waals surface area contributed by atoms with Crippen LogP contribution >= 0.6 is 0 Å². The van der Waals surface area contributed by atoms with E-state index < -0.39 is 32.3 Å². The molecule has 538 valence electrons. The van der Waals surface area contributed by atoms with Gasteiger partial charge in [-0.05, 0) is 98.5 Å². The number of fused-ring (bicyclic) bond motifs is 6. The molecule has 4 fully saturated rings. The van der Waals surface area contributed by atoms with E-state index in [1.165, 1.54) is 51.4 Å². The number of hydrogen-bond donors (Lipinski definition) is 1. The van der Waals surface area contributed by atoms with Crippen LogP contribution in [0.1, 0.15) is 113 Å². The van der Waals surface area contributed by atoms with Crippen LogP contribution in [0.3, 0.4) is 0 Å². The Morgan fingerprint density at radius 3 is 1.09 bits per heavy atom. The monoisotopic (exact) mass is 1420 g/mol. The zero-order valence-corrected chi connectivity index (χ0v) is 64.8. The Kier molecular flexibility index (Phi) is 26.9. The Hall–Kier alpha value is -5.79. The van der Waals surface area contributed by atoms with Crippen LogP contribution in [0.2, 0.25) is 103 Å². The van der Waals surface area contributed by atoms with Crippen LogP contribution in [-0.4, -0.2) is 137 Å². The van der Waals surface area contributed by atoms with Gasteiger partial charge in [-0.2, -0.15) is 19.2 Å². The van der Waals surface area contributed by atoms with Crippen LogP contribution in [0.4, 0.5) is 11.6 Å². The van der Waals surface area contributed by atoms with Crippen LogP contribution in [-0.2, 0) is 36.9 Å². The lowest BCUT2D eigenvalue weighted by atomic mass is 9.78. The molecule has 4 saturated carbocycles. The highest BCUT2D eigenvalue weighted by Gasteiger charge is 2.40. The van der Waals surface area contributed by atoms with Crippen molar-refractivity contribution in [2.45, 2.75) is 207 Å². The summed E-state index contributed by atoms with van der Waals surface area (Å²) in [5.74, 6) is 5.56. The molecule has 6 atom stereocenters. The van der Waals surface area contributed by atoms with Crippen molar-refractivity contribution < 1.29 is 28.8 Å². The smallest absolute Gasteiger partial charge is 0.165 e. The molecular weight excluding hydrogens is 1300 g/mol. The number of anilines is 2. The molecule has 6 aromatic heterocycles. The van der Waals surface area contributed by atoms with E-state index in [4.69, 9.17) is 53.8 Å². The van der Waals surface area contributed by atoms with E-state index in [2.05, 4.69) is 137 Å². The standard InChI is InChI=1S/C39H57N5O3Si2.C38H55N5O3Si2.2CH4/c1-45-26-35-37(33-22-29-13-14-30(21-29)23-33)42-38-34(32-15-16-36(40-24-32)31-11-9-8-10-12-31)25-41-44(38)39(35)43(27-46-17-19-48(2,3)4)28-47-18-20-49(5,6)7;1-47(2,3)18-16-45-26-42(27-46-17-19-48(4,5)6)38-34(25-44)36(32-21-28-12-13-29(20-28)22-32)41-37-33(24-40-43(37)38)31-14-15-35(39-23-31)30-10-8-7-9-11-30;;/h8-12,15-16,24-25,29-30,33H,13-14,17-23,26-28H2,1-7H3;7-11,14-15,23-24,28-29,32,44H,12-13,16-22,25-27H2,1-6H3;2*1H4/t29-,30+,33?;28-,29+,32?;;. The Morgan fingerprint density at radius 2 is 0.778 bits per heavy atom. The molecule has 2 unspecified atom stereocenters. The van der Waals surface area contributed by atoms with Gasteiger partial charge < -0.3 is 38.6 Å². The second kappa shape index (κ2) is 34.5. The Labute approximate surface area is 597 Å². The molecule has 2 aromatic carbocycles. The van der Waals surface area contributed by atoms with Crippen molar-refractivity contribution >= 4 is 55.2 Å². The maximum absolute atomic E-state index is 11.1. The van der Waals surface area contributed by atoms with E-state index in [1.54, 1.807) is 7.11 Å². The normalized spacial score (nSPS) is 19.2. The lowest BCUT2D eigenvalue weighted by Gasteiger charge is -2.32. The van der Waals surface area contributed by atoms with Crippen molar-refractivity contribution in [2.24, 2.45) is 23.7 Å². The number of hydrogen-bond acceptors (Lipinski definition) is 14.